The molecule has 0 saturated heterocycles. The van der Waals surface area contributed by atoms with Crippen molar-refractivity contribution in [3.05, 3.63) is 47.3 Å². The van der Waals surface area contributed by atoms with E-state index in [1.165, 1.54) is 18.2 Å². The maximum Gasteiger partial charge on any atom is 0.277 e. The molecule has 6 heteroatoms. The number of amides is 2. The highest BCUT2D eigenvalue weighted by molar-refractivity contribution is 6.03. The van der Waals surface area contributed by atoms with Gasteiger partial charge in [0, 0.05) is 17.3 Å². The highest BCUT2D eigenvalue weighted by Gasteiger charge is 2.11. The van der Waals surface area contributed by atoms with Crippen molar-refractivity contribution >= 4 is 17.5 Å². The Kier molecular flexibility index (Phi) is 3.09. The molecule has 2 rings (SSSR count). The summed E-state index contributed by atoms with van der Waals surface area (Å²) in [7, 11) is 0. The number of nitrogens with two attached hydrogens (primary N) is 1. The molecule has 1 heterocycles. The minimum absolute atomic E-state index is 0.200. The fraction of sp³-hybridized carbons (Fsp3) is 0.0833. The third-order valence-electron chi connectivity index (χ3n) is 2.29. The molecule has 2 amide bonds. The van der Waals surface area contributed by atoms with Crippen LogP contribution in [0.2, 0.25) is 0 Å². The fourth-order valence-corrected chi connectivity index (χ4v) is 1.39. The number of nitrogens with zero attached hydrogens (tertiary/aromatic N) is 1. The van der Waals surface area contributed by atoms with Crippen molar-refractivity contribution in [2.45, 2.75) is 6.92 Å². The predicted octanol–water partition coefficient (Wildman–Crippen LogP) is 1.33. The van der Waals surface area contributed by atoms with E-state index >= 15 is 0 Å². The molecule has 0 spiro atoms. The van der Waals surface area contributed by atoms with Crippen LogP contribution in [-0.2, 0) is 0 Å². The molecule has 1 aromatic heterocycles. The number of rotatable bonds is 3. The van der Waals surface area contributed by atoms with Gasteiger partial charge in [-0.15, -0.1) is 0 Å². The number of aromatic nitrogens is 1. The van der Waals surface area contributed by atoms with Crippen LogP contribution in [0.15, 0.2) is 34.9 Å². The lowest BCUT2D eigenvalue weighted by atomic mass is 10.2. The quantitative estimate of drug-likeness (QED) is 0.852. The average Bonchev–Trinajstić information content (AvgIpc) is 2.76. The Morgan fingerprint density at radius 1 is 1.28 bits per heavy atom. The van der Waals surface area contributed by atoms with Crippen molar-refractivity contribution in [1.82, 2.24) is 5.16 Å². The smallest absolute Gasteiger partial charge is 0.277 e. The monoisotopic (exact) mass is 245 g/mol. The Morgan fingerprint density at radius 3 is 2.44 bits per heavy atom. The van der Waals surface area contributed by atoms with Gasteiger partial charge in [0.1, 0.15) is 5.76 Å². The van der Waals surface area contributed by atoms with Gasteiger partial charge in [0.2, 0.25) is 5.91 Å². The first kappa shape index (κ1) is 11.8. The lowest BCUT2D eigenvalue weighted by Gasteiger charge is -2.03. The van der Waals surface area contributed by atoms with Crippen LogP contribution in [0.25, 0.3) is 0 Å². The average molecular weight is 245 g/mol. The highest BCUT2D eigenvalue weighted by atomic mass is 16.5. The zero-order valence-electron chi connectivity index (χ0n) is 9.64. The molecule has 92 valence electrons. The van der Waals surface area contributed by atoms with Crippen LogP contribution in [-0.4, -0.2) is 17.0 Å². The summed E-state index contributed by atoms with van der Waals surface area (Å²) in [5.41, 5.74) is 6.24. The number of carbonyl (C=O) groups excluding carboxylic acids is 2. The number of hydrogen-bond acceptors (Lipinski definition) is 4. The second kappa shape index (κ2) is 4.70. The van der Waals surface area contributed by atoms with Gasteiger partial charge in [0.05, 0.1) is 0 Å². The number of primary amides is 1. The van der Waals surface area contributed by atoms with Crippen molar-refractivity contribution in [3.8, 4) is 0 Å². The van der Waals surface area contributed by atoms with Crippen LogP contribution in [0.5, 0.6) is 0 Å². The molecule has 0 aliphatic rings. The number of anilines is 1. The third kappa shape index (κ3) is 2.54. The van der Waals surface area contributed by atoms with E-state index in [-0.39, 0.29) is 11.6 Å². The van der Waals surface area contributed by atoms with E-state index in [0.717, 1.165) is 0 Å². The van der Waals surface area contributed by atoms with Crippen LogP contribution in [0.3, 0.4) is 0 Å². The predicted molar refractivity (Wildman–Crippen MR) is 64.2 cm³/mol. The van der Waals surface area contributed by atoms with Crippen LogP contribution >= 0.6 is 0 Å². The van der Waals surface area contributed by atoms with Crippen LogP contribution in [0, 0.1) is 6.92 Å². The molecule has 0 saturated carbocycles. The van der Waals surface area contributed by atoms with E-state index in [0.29, 0.717) is 17.0 Å². The van der Waals surface area contributed by atoms with Gasteiger partial charge in [0.25, 0.3) is 5.91 Å². The lowest BCUT2D eigenvalue weighted by molar-refractivity contribution is 0.0997. The van der Waals surface area contributed by atoms with E-state index in [1.807, 2.05) is 0 Å². The van der Waals surface area contributed by atoms with Crippen molar-refractivity contribution in [1.29, 1.82) is 0 Å². The largest absolute Gasteiger partial charge is 0.366 e. The molecule has 0 unspecified atom stereocenters. The van der Waals surface area contributed by atoms with Crippen molar-refractivity contribution in [2.75, 3.05) is 5.32 Å². The summed E-state index contributed by atoms with van der Waals surface area (Å²) in [6.07, 6.45) is 0. The van der Waals surface area contributed by atoms with Crippen molar-refractivity contribution < 1.29 is 14.1 Å². The summed E-state index contributed by atoms with van der Waals surface area (Å²) < 4.78 is 4.80. The maximum absolute atomic E-state index is 11.7. The van der Waals surface area contributed by atoms with Crippen LogP contribution in [0.4, 0.5) is 5.69 Å². The molecule has 1 aromatic carbocycles. The Labute approximate surface area is 103 Å². The van der Waals surface area contributed by atoms with E-state index < -0.39 is 5.91 Å². The molecule has 2 aromatic rings. The second-order valence-corrected chi connectivity index (χ2v) is 3.72. The first-order valence-electron chi connectivity index (χ1n) is 5.21. The SMILES string of the molecule is Cc1cc(C(=O)Nc2ccc(C(N)=O)cc2)no1. The number of aryl methyl sites for hydroxylation is 1. The summed E-state index contributed by atoms with van der Waals surface area (Å²) >= 11 is 0. The topological polar surface area (TPSA) is 98.2 Å². The number of nitrogens with one attached hydrogen (secondary N) is 1. The van der Waals surface area contributed by atoms with Gasteiger partial charge in [-0.1, -0.05) is 5.16 Å². The van der Waals surface area contributed by atoms with Crippen molar-refractivity contribution in [2.24, 2.45) is 5.73 Å². The van der Waals surface area contributed by atoms with Gasteiger partial charge in [0.15, 0.2) is 5.69 Å². The molecule has 18 heavy (non-hydrogen) atoms. The summed E-state index contributed by atoms with van der Waals surface area (Å²) in [5.74, 6) is -0.331. The van der Waals surface area contributed by atoms with Gasteiger partial charge < -0.3 is 15.6 Å². The molecule has 0 aliphatic carbocycles. The molecular weight excluding hydrogens is 234 g/mol. The van der Waals surface area contributed by atoms with E-state index in [4.69, 9.17) is 10.3 Å². The fourth-order valence-electron chi connectivity index (χ4n) is 1.39. The van der Waals surface area contributed by atoms with Gasteiger partial charge in [-0.3, -0.25) is 9.59 Å². The van der Waals surface area contributed by atoms with Crippen molar-refractivity contribution in [3.63, 3.8) is 0 Å². The molecule has 0 radical (unpaired) electrons. The zero-order chi connectivity index (χ0) is 13.1. The van der Waals surface area contributed by atoms with Crippen LogP contribution in [0.1, 0.15) is 26.6 Å². The highest BCUT2D eigenvalue weighted by Crippen LogP contribution is 2.11. The van der Waals surface area contributed by atoms with Crippen LogP contribution < -0.4 is 11.1 Å². The summed E-state index contributed by atoms with van der Waals surface area (Å²) in [5, 5.41) is 6.22. The molecule has 0 atom stereocenters. The number of benzene rings is 1. The standard InChI is InChI=1S/C12H11N3O3/c1-7-6-10(15-18-7)12(17)14-9-4-2-8(3-5-9)11(13)16/h2-6H,1H3,(H2,13,16)(H,14,17). The van der Waals surface area contributed by atoms with E-state index in [1.54, 1.807) is 19.1 Å². The summed E-state index contributed by atoms with van der Waals surface area (Å²) in [6.45, 7) is 1.70. The summed E-state index contributed by atoms with van der Waals surface area (Å²) in [6, 6.07) is 7.78. The zero-order valence-corrected chi connectivity index (χ0v) is 9.64. The Hall–Kier alpha value is -2.63. The minimum Gasteiger partial charge on any atom is -0.366 e. The molecule has 0 aliphatic heterocycles. The Morgan fingerprint density at radius 2 is 1.94 bits per heavy atom. The lowest BCUT2D eigenvalue weighted by Crippen LogP contribution is -2.13. The minimum atomic E-state index is -0.514. The third-order valence-corrected chi connectivity index (χ3v) is 2.29. The maximum atomic E-state index is 11.7. The second-order valence-electron chi connectivity index (χ2n) is 3.72. The number of carbonyl (C=O) groups is 2. The summed E-state index contributed by atoms with van der Waals surface area (Å²) in [4.78, 5) is 22.6. The Balaban J connectivity index is 2.10. The van der Waals surface area contributed by atoms with E-state index in [9.17, 15) is 9.59 Å². The van der Waals surface area contributed by atoms with Gasteiger partial charge >= 0.3 is 0 Å². The first-order valence-corrected chi connectivity index (χ1v) is 5.21. The van der Waals surface area contributed by atoms with Gasteiger partial charge in [-0.05, 0) is 31.2 Å². The molecule has 3 N–H and O–H groups in total. The van der Waals surface area contributed by atoms with Gasteiger partial charge in [-0.25, -0.2) is 0 Å². The molecule has 6 nitrogen and oxygen atoms in total. The normalized spacial score (nSPS) is 10.1. The Bertz CT molecular complexity index is 587. The molecule has 0 bridgehead atoms. The van der Waals surface area contributed by atoms with Gasteiger partial charge in [-0.2, -0.15) is 0 Å². The first-order chi connectivity index (χ1) is 8.56. The van der Waals surface area contributed by atoms with E-state index in [2.05, 4.69) is 10.5 Å². The molecule has 0 fully saturated rings. The number of hydrogen-bond donors (Lipinski definition) is 2. The molecular formula is C12H11N3O3.